The Morgan fingerprint density at radius 2 is 1.90 bits per heavy atom. The number of anilines is 2. The zero-order chi connectivity index (χ0) is 20.4. The number of aromatic nitrogens is 2. The van der Waals surface area contributed by atoms with Gasteiger partial charge in [-0.2, -0.15) is 4.98 Å². The van der Waals surface area contributed by atoms with Crippen molar-refractivity contribution in [3.8, 4) is 0 Å². The first kappa shape index (κ1) is 19.4. The topological polar surface area (TPSA) is 52.6 Å². The highest BCUT2D eigenvalue weighted by atomic mass is 32.1. The summed E-state index contributed by atoms with van der Waals surface area (Å²) in [5.74, 6) is 1.68. The van der Waals surface area contributed by atoms with E-state index in [4.69, 9.17) is 9.97 Å². The number of amides is 1. The molecule has 0 fully saturated rings. The number of nitrogens with zero attached hydrogens (tertiary/aromatic N) is 5. The van der Waals surface area contributed by atoms with Crippen molar-refractivity contribution in [2.45, 2.75) is 19.5 Å². The largest absolute Gasteiger partial charge is 0.362 e. The molecule has 0 N–H and O–H groups in total. The lowest BCUT2D eigenvalue weighted by Crippen LogP contribution is -2.37. The molecule has 1 aliphatic heterocycles. The minimum Gasteiger partial charge on any atom is -0.362 e. The van der Waals surface area contributed by atoms with Gasteiger partial charge in [-0.1, -0.05) is 36.4 Å². The molecule has 0 saturated carbocycles. The Bertz CT molecular complexity index is 988. The average Bonchev–Trinajstić information content (AvgIpc) is 3.27. The van der Waals surface area contributed by atoms with E-state index < -0.39 is 0 Å². The quantitative estimate of drug-likeness (QED) is 0.649. The minimum absolute atomic E-state index is 0.0839. The summed E-state index contributed by atoms with van der Waals surface area (Å²) in [6.07, 6.45) is 0.738. The van der Waals surface area contributed by atoms with Crippen molar-refractivity contribution < 1.29 is 4.79 Å². The molecule has 0 bridgehead atoms. The van der Waals surface area contributed by atoms with Crippen LogP contribution in [0.15, 0.2) is 47.8 Å². The van der Waals surface area contributed by atoms with E-state index in [1.165, 1.54) is 16.9 Å². The second-order valence-electron chi connectivity index (χ2n) is 7.46. The number of thiophene rings is 1. The smallest absolute Gasteiger partial charge is 0.264 e. The van der Waals surface area contributed by atoms with Gasteiger partial charge in [0.15, 0.2) is 0 Å². The van der Waals surface area contributed by atoms with Crippen molar-refractivity contribution in [3.63, 3.8) is 0 Å². The molecule has 29 heavy (non-hydrogen) atoms. The summed E-state index contributed by atoms with van der Waals surface area (Å²) in [4.78, 5) is 29.3. The maximum atomic E-state index is 12.8. The molecule has 4 rings (SSSR count). The molecule has 1 amide bonds. The first-order valence-electron chi connectivity index (χ1n) is 9.68. The Hall–Kier alpha value is -2.93. The van der Waals surface area contributed by atoms with E-state index in [0.29, 0.717) is 19.0 Å². The van der Waals surface area contributed by atoms with Crippen molar-refractivity contribution >= 4 is 29.0 Å². The number of hydrogen-bond donors (Lipinski definition) is 0. The van der Waals surface area contributed by atoms with Gasteiger partial charge in [0.05, 0.1) is 17.1 Å². The van der Waals surface area contributed by atoms with Gasteiger partial charge in [0, 0.05) is 46.2 Å². The molecule has 1 aliphatic rings. The van der Waals surface area contributed by atoms with Crippen LogP contribution in [0, 0.1) is 0 Å². The van der Waals surface area contributed by atoms with Crippen LogP contribution in [0.1, 0.15) is 26.5 Å². The molecular weight excluding hydrogens is 382 g/mol. The van der Waals surface area contributed by atoms with Crippen LogP contribution < -0.4 is 9.80 Å². The molecule has 2 aromatic heterocycles. The minimum atomic E-state index is 0.0839. The van der Waals surface area contributed by atoms with Gasteiger partial charge < -0.3 is 14.7 Å². The Morgan fingerprint density at radius 3 is 2.59 bits per heavy atom. The molecule has 0 unspecified atom stereocenters. The molecule has 1 aromatic carbocycles. The summed E-state index contributed by atoms with van der Waals surface area (Å²) in [6.45, 7) is 1.97. The van der Waals surface area contributed by atoms with Gasteiger partial charge in [0.2, 0.25) is 5.95 Å². The summed E-state index contributed by atoms with van der Waals surface area (Å²) in [5.41, 5.74) is 3.30. The molecule has 3 aromatic rings. The Labute approximate surface area is 175 Å². The summed E-state index contributed by atoms with van der Waals surface area (Å²) >= 11 is 1.48. The first-order valence-corrected chi connectivity index (χ1v) is 10.6. The fourth-order valence-electron chi connectivity index (χ4n) is 3.58. The zero-order valence-electron chi connectivity index (χ0n) is 17.0. The Kier molecular flexibility index (Phi) is 5.49. The normalized spacial score (nSPS) is 13.1. The Morgan fingerprint density at radius 1 is 1.10 bits per heavy atom. The molecule has 6 nitrogen and oxygen atoms in total. The van der Waals surface area contributed by atoms with Crippen LogP contribution in [-0.4, -0.2) is 48.5 Å². The van der Waals surface area contributed by atoms with Crippen molar-refractivity contribution in [2.24, 2.45) is 0 Å². The predicted octanol–water partition coefficient (Wildman–Crippen LogP) is 3.44. The third-order valence-electron chi connectivity index (χ3n) is 5.07. The summed E-state index contributed by atoms with van der Waals surface area (Å²) in [5, 5.41) is 1.94. The highest BCUT2D eigenvalue weighted by Crippen LogP contribution is 2.29. The van der Waals surface area contributed by atoms with Gasteiger partial charge >= 0.3 is 0 Å². The lowest BCUT2D eigenvalue weighted by atomic mass is 10.1. The number of carbonyl (C=O) groups is 1. The number of benzene rings is 1. The highest BCUT2D eigenvalue weighted by molar-refractivity contribution is 7.12. The second kappa shape index (κ2) is 8.21. The lowest BCUT2D eigenvalue weighted by Gasteiger charge is -2.31. The average molecular weight is 408 g/mol. The van der Waals surface area contributed by atoms with Crippen LogP contribution in [0.5, 0.6) is 0 Å². The van der Waals surface area contributed by atoms with E-state index in [2.05, 4.69) is 17.0 Å². The number of rotatable bonds is 5. The third kappa shape index (κ3) is 4.10. The number of hydrogen-bond acceptors (Lipinski definition) is 6. The summed E-state index contributed by atoms with van der Waals surface area (Å²) in [6, 6.07) is 14.1. The fraction of sp³-hybridized carbons (Fsp3) is 0.318. The fourth-order valence-corrected chi connectivity index (χ4v) is 4.27. The molecule has 0 radical (unpaired) electrons. The van der Waals surface area contributed by atoms with Gasteiger partial charge in [0.1, 0.15) is 5.82 Å². The lowest BCUT2D eigenvalue weighted by molar-refractivity contribution is 0.0738. The van der Waals surface area contributed by atoms with Crippen LogP contribution in [-0.2, 0) is 19.5 Å². The van der Waals surface area contributed by atoms with E-state index in [1.807, 2.05) is 66.7 Å². The van der Waals surface area contributed by atoms with Crippen molar-refractivity contribution in [1.29, 1.82) is 0 Å². The van der Waals surface area contributed by atoms with Crippen LogP contribution in [0.4, 0.5) is 11.8 Å². The molecule has 150 valence electrons. The number of carbonyl (C=O) groups excluding carboxylic acids is 1. The Balaban J connectivity index is 1.61. The molecule has 3 heterocycles. The molecule has 0 spiro atoms. The van der Waals surface area contributed by atoms with Gasteiger partial charge in [-0.25, -0.2) is 4.98 Å². The van der Waals surface area contributed by atoms with E-state index in [-0.39, 0.29) is 5.91 Å². The van der Waals surface area contributed by atoms with Crippen molar-refractivity contribution in [2.75, 3.05) is 37.5 Å². The molecule has 7 heteroatoms. The molecule has 0 saturated heterocycles. The summed E-state index contributed by atoms with van der Waals surface area (Å²) in [7, 11) is 6.00. The molecule has 0 atom stereocenters. The van der Waals surface area contributed by atoms with E-state index in [0.717, 1.165) is 34.9 Å². The standard InChI is InChI=1S/C22H25N5OS/c1-25(2)20-17-15-27(21(28)19-10-7-13-29-19)12-11-18(17)23-22(24-20)26(3)14-16-8-5-4-6-9-16/h4-10,13H,11-12,14-15H2,1-3H3. The van der Waals surface area contributed by atoms with Gasteiger partial charge in [-0.3, -0.25) is 4.79 Å². The van der Waals surface area contributed by atoms with Crippen LogP contribution in [0.25, 0.3) is 0 Å². The van der Waals surface area contributed by atoms with Gasteiger partial charge in [-0.05, 0) is 17.0 Å². The van der Waals surface area contributed by atoms with Gasteiger partial charge in [-0.15, -0.1) is 11.3 Å². The third-order valence-corrected chi connectivity index (χ3v) is 5.93. The predicted molar refractivity (Wildman–Crippen MR) is 118 cm³/mol. The van der Waals surface area contributed by atoms with Crippen molar-refractivity contribution in [3.05, 3.63) is 69.5 Å². The molecule has 0 aliphatic carbocycles. The van der Waals surface area contributed by atoms with Crippen LogP contribution in [0.3, 0.4) is 0 Å². The maximum Gasteiger partial charge on any atom is 0.264 e. The van der Waals surface area contributed by atoms with E-state index in [1.54, 1.807) is 0 Å². The molecular formula is C22H25N5OS. The van der Waals surface area contributed by atoms with Gasteiger partial charge in [0.25, 0.3) is 5.91 Å². The number of fused-ring (bicyclic) bond motifs is 1. The zero-order valence-corrected chi connectivity index (χ0v) is 17.8. The van der Waals surface area contributed by atoms with Crippen molar-refractivity contribution in [1.82, 2.24) is 14.9 Å². The van der Waals surface area contributed by atoms with Crippen LogP contribution >= 0.6 is 11.3 Å². The SMILES string of the molecule is CN(C)c1nc(N(C)Cc2ccccc2)nc2c1CN(C(=O)c1cccs1)CC2. The monoisotopic (exact) mass is 407 g/mol. The maximum absolute atomic E-state index is 12.8. The van der Waals surface area contributed by atoms with Crippen LogP contribution in [0.2, 0.25) is 0 Å². The summed E-state index contributed by atoms with van der Waals surface area (Å²) < 4.78 is 0. The first-order chi connectivity index (χ1) is 14.0. The highest BCUT2D eigenvalue weighted by Gasteiger charge is 2.27. The van der Waals surface area contributed by atoms with E-state index >= 15 is 0 Å². The second-order valence-corrected chi connectivity index (χ2v) is 8.41. The van der Waals surface area contributed by atoms with E-state index in [9.17, 15) is 4.79 Å².